The minimum Gasteiger partial charge on any atom is -0.390 e. The van der Waals surface area contributed by atoms with Gasteiger partial charge in [0.2, 0.25) is 5.89 Å². The highest BCUT2D eigenvalue weighted by Gasteiger charge is 2.09. The van der Waals surface area contributed by atoms with Gasteiger partial charge < -0.3 is 9.15 Å². The van der Waals surface area contributed by atoms with Gasteiger partial charge in [-0.2, -0.15) is 4.68 Å². The smallest absolute Gasteiger partial charge is 0.390 e. The minimum atomic E-state index is -1.16. The van der Waals surface area contributed by atoms with Gasteiger partial charge in [0, 0.05) is 17.8 Å². The Hall–Kier alpha value is -1.73. The molecule has 1 aromatic heterocycles. The second-order valence-corrected chi connectivity index (χ2v) is 5.35. The van der Waals surface area contributed by atoms with Crippen LogP contribution in [0.3, 0.4) is 0 Å². The molecule has 7 heteroatoms. The maximum absolute atomic E-state index is 12.0. The Kier molecular flexibility index (Phi) is 4.64. The molecule has 0 N–H and O–H groups in total. The number of methoxy groups -OCH3 is 1. The van der Waals surface area contributed by atoms with Crippen molar-refractivity contribution in [1.82, 2.24) is 9.78 Å². The molecular formula is C12H14N2O4S. The monoisotopic (exact) mass is 282 g/mol. The second-order valence-electron chi connectivity index (χ2n) is 3.78. The van der Waals surface area contributed by atoms with E-state index in [4.69, 9.17) is 9.15 Å². The summed E-state index contributed by atoms with van der Waals surface area (Å²) in [6.07, 6.45) is 0. The molecule has 2 rings (SSSR count). The van der Waals surface area contributed by atoms with E-state index in [1.165, 1.54) is 7.11 Å². The van der Waals surface area contributed by atoms with Gasteiger partial charge in [-0.15, -0.1) is 5.10 Å². The summed E-state index contributed by atoms with van der Waals surface area (Å²) >= 11 is 0. The van der Waals surface area contributed by atoms with E-state index in [0.29, 0.717) is 5.75 Å². The van der Waals surface area contributed by atoms with Crippen LogP contribution in [-0.4, -0.2) is 26.9 Å². The summed E-state index contributed by atoms with van der Waals surface area (Å²) < 4.78 is 22.8. The molecule has 0 radical (unpaired) electrons. The normalized spacial score (nSPS) is 12.5. The van der Waals surface area contributed by atoms with Gasteiger partial charge in [-0.25, -0.2) is 4.79 Å². The van der Waals surface area contributed by atoms with E-state index >= 15 is 0 Å². The number of hydrogen-bond acceptors (Lipinski definition) is 5. The predicted octanol–water partition coefficient (Wildman–Crippen LogP) is 0.791. The molecule has 0 fully saturated rings. The maximum Gasteiger partial charge on any atom is 0.437 e. The molecule has 0 aliphatic heterocycles. The lowest BCUT2D eigenvalue weighted by molar-refractivity contribution is 0.158. The molecule has 102 valence electrons. The Morgan fingerprint density at radius 2 is 2.11 bits per heavy atom. The van der Waals surface area contributed by atoms with E-state index in [2.05, 4.69) is 5.10 Å². The zero-order valence-electron chi connectivity index (χ0n) is 10.4. The zero-order valence-corrected chi connectivity index (χ0v) is 11.3. The lowest BCUT2D eigenvalue weighted by Gasteiger charge is -2.00. The van der Waals surface area contributed by atoms with Crippen molar-refractivity contribution in [2.45, 2.75) is 18.0 Å². The average Bonchev–Trinajstić information content (AvgIpc) is 2.78. The summed E-state index contributed by atoms with van der Waals surface area (Å²) in [6.45, 7) is 0.386. The fraction of sp³-hybridized carbons (Fsp3) is 0.333. The van der Waals surface area contributed by atoms with Gasteiger partial charge in [-0.05, 0) is 12.1 Å². The number of benzene rings is 1. The Morgan fingerprint density at radius 1 is 1.37 bits per heavy atom. The first-order chi connectivity index (χ1) is 9.20. The van der Waals surface area contributed by atoms with Crippen molar-refractivity contribution in [3.05, 3.63) is 46.8 Å². The fourth-order valence-electron chi connectivity index (χ4n) is 1.53. The highest BCUT2D eigenvalue weighted by atomic mass is 32.2. The summed E-state index contributed by atoms with van der Waals surface area (Å²) in [7, 11) is 0.330. The van der Waals surface area contributed by atoms with Crippen LogP contribution < -0.4 is 5.76 Å². The third-order valence-electron chi connectivity index (χ3n) is 2.41. The first-order valence-corrected chi connectivity index (χ1v) is 7.02. The third-order valence-corrected chi connectivity index (χ3v) is 3.76. The molecule has 2 aromatic rings. The van der Waals surface area contributed by atoms with Gasteiger partial charge >= 0.3 is 5.76 Å². The predicted molar refractivity (Wildman–Crippen MR) is 69.2 cm³/mol. The summed E-state index contributed by atoms with van der Waals surface area (Å²) in [5.41, 5.74) is 0. The van der Waals surface area contributed by atoms with Crippen LogP contribution in [0.15, 0.2) is 44.4 Å². The molecule has 0 aliphatic carbocycles. The van der Waals surface area contributed by atoms with Crippen LogP contribution in [0.5, 0.6) is 0 Å². The van der Waals surface area contributed by atoms with Crippen molar-refractivity contribution >= 4 is 10.8 Å². The lowest BCUT2D eigenvalue weighted by Crippen LogP contribution is -2.19. The van der Waals surface area contributed by atoms with Gasteiger partial charge in [-0.3, -0.25) is 4.21 Å². The number of ether oxygens (including phenoxy) is 1. The quantitative estimate of drug-likeness (QED) is 0.783. The topological polar surface area (TPSA) is 74.3 Å². The first kappa shape index (κ1) is 13.7. The Bertz CT molecular complexity index is 606. The molecule has 1 heterocycles. The van der Waals surface area contributed by atoms with Gasteiger partial charge in [0.05, 0.1) is 17.3 Å². The fourth-order valence-corrected chi connectivity index (χ4v) is 2.57. The molecule has 6 nitrogen and oxygen atoms in total. The zero-order chi connectivity index (χ0) is 13.7. The molecule has 0 saturated carbocycles. The number of hydrogen-bond donors (Lipinski definition) is 0. The first-order valence-electron chi connectivity index (χ1n) is 5.70. The highest BCUT2D eigenvalue weighted by Crippen LogP contribution is 2.05. The maximum atomic E-state index is 12.0. The molecule has 1 unspecified atom stereocenters. The van der Waals surface area contributed by atoms with Crippen LogP contribution in [0.25, 0.3) is 0 Å². The molecule has 0 spiro atoms. The largest absolute Gasteiger partial charge is 0.437 e. The molecule has 0 aliphatic rings. The van der Waals surface area contributed by atoms with Gasteiger partial charge in [0.1, 0.15) is 6.61 Å². The minimum absolute atomic E-state index is 0.143. The molecule has 0 saturated heterocycles. The molecule has 1 atom stereocenters. The van der Waals surface area contributed by atoms with E-state index in [9.17, 15) is 9.00 Å². The second kappa shape index (κ2) is 6.44. The van der Waals surface area contributed by atoms with Crippen molar-refractivity contribution in [1.29, 1.82) is 0 Å². The van der Waals surface area contributed by atoms with E-state index in [1.807, 2.05) is 18.2 Å². The van der Waals surface area contributed by atoms with Crippen molar-refractivity contribution < 1.29 is 13.4 Å². The molecule has 0 amide bonds. The van der Waals surface area contributed by atoms with E-state index in [-0.39, 0.29) is 19.0 Å². The molecular weight excluding hydrogens is 268 g/mol. The number of aryl methyl sites for hydroxylation is 1. The lowest BCUT2D eigenvalue weighted by atomic mass is 10.4. The van der Waals surface area contributed by atoms with Crippen LogP contribution in [0, 0.1) is 0 Å². The van der Waals surface area contributed by atoms with Crippen molar-refractivity contribution in [2.75, 3.05) is 12.9 Å². The number of aromatic nitrogens is 2. The van der Waals surface area contributed by atoms with Crippen LogP contribution in [0.4, 0.5) is 0 Å². The summed E-state index contributed by atoms with van der Waals surface area (Å²) in [6, 6.07) is 9.09. The van der Waals surface area contributed by atoms with Crippen molar-refractivity contribution in [2.24, 2.45) is 0 Å². The van der Waals surface area contributed by atoms with Gasteiger partial charge in [0.15, 0.2) is 0 Å². The summed E-state index contributed by atoms with van der Waals surface area (Å²) in [4.78, 5) is 12.2. The van der Waals surface area contributed by atoms with Gasteiger partial charge in [0.25, 0.3) is 0 Å². The van der Waals surface area contributed by atoms with Crippen LogP contribution in [0.1, 0.15) is 5.89 Å². The van der Waals surface area contributed by atoms with Crippen molar-refractivity contribution in [3.63, 3.8) is 0 Å². The number of rotatable bonds is 6. The van der Waals surface area contributed by atoms with Crippen LogP contribution in [0.2, 0.25) is 0 Å². The summed E-state index contributed by atoms with van der Waals surface area (Å²) in [5, 5.41) is 3.94. The SMILES string of the molecule is COCc1nn(CCS(=O)c2ccccc2)c(=O)o1. The third kappa shape index (κ3) is 3.62. The van der Waals surface area contributed by atoms with E-state index in [0.717, 1.165) is 9.58 Å². The van der Waals surface area contributed by atoms with Crippen LogP contribution in [-0.2, 0) is 28.7 Å². The van der Waals surface area contributed by atoms with Crippen molar-refractivity contribution in [3.8, 4) is 0 Å². The van der Waals surface area contributed by atoms with Crippen LogP contribution >= 0.6 is 0 Å². The Labute approximate surface area is 112 Å². The summed E-state index contributed by atoms with van der Waals surface area (Å²) in [5.74, 6) is -0.0295. The molecule has 1 aromatic carbocycles. The van der Waals surface area contributed by atoms with Gasteiger partial charge in [-0.1, -0.05) is 18.2 Å². The van der Waals surface area contributed by atoms with E-state index < -0.39 is 16.6 Å². The average molecular weight is 282 g/mol. The molecule has 0 bridgehead atoms. The number of nitrogens with zero attached hydrogens (tertiary/aromatic N) is 2. The Morgan fingerprint density at radius 3 is 2.79 bits per heavy atom. The Balaban J connectivity index is 1.99. The standard InChI is InChI=1S/C12H14N2O4S/c1-17-9-11-13-14(12(15)18-11)7-8-19(16)10-5-3-2-4-6-10/h2-6H,7-9H2,1H3. The highest BCUT2D eigenvalue weighted by molar-refractivity contribution is 7.85. The van der Waals surface area contributed by atoms with E-state index in [1.54, 1.807) is 12.1 Å². The molecule has 19 heavy (non-hydrogen) atoms.